The van der Waals surface area contributed by atoms with Crippen LogP contribution in [-0.2, 0) is 15.5 Å². The van der Waals surface area contributed by atoms with Crippen molar-refractivity contribution < 1.29 is 8.42 Å². The van der Waals surface area contributed by atoms with Crippen LogP contribution in [0.1, 0.15) is 30.0 Å². The lowest BCUT2D eigenvalue weighted by Gasteiger charge is -2.08. The van der Waals surface area contributed by atoms with Gasteiger partial charge in [0.1, 0.15) is 0 Å². The van der Waals surface area contributed by atoms with E-state index in [1.807, 2.05) is 6.07 Å². The molecule has 4 heteroatoms. The maximum absolute atomic E-state index is 11.0. The lowest BCUT2D eigenvalue weighted by Crippen LogP contribution is -2.12. The predicted molar refractivity (Wildman–Crippen MR) is 68.5 cm³/mol. The van der Waals surface area contributed by atoms with Crippen molar-refractivity contribution >= 4 is 19.7 Å². The first kappa shape index (κ1) is 13.5. The smallest absolute Gasteiger partial charge is 0.212 e. The standard InChI is InChI=1S/C12H17ClO2S/c1-9-4-6-12(8-10(9)2)7-5-11(3)16(13,14)15/h4,6,8,11H,5,7H2,1-3H3. The molecule has 0 amide bonds. The van der Waals surface area contributed by atoms with Crippen molar-refractivity contribution in [1.82, 2.24) is 0 Å². The summed E-state index contributed by atoms with van der Waals surface area (Å²) in [5.74, 6) is 0. The molecule has 1 aromatic carbocycles. The normalized spacial score (nSPS) is 13.8. The molecule has 0 aliphatic carbocycles. The second-order valence-electron chi connectivity index (χ2n) is 4.24. The second kappa shape index (κ2) is 5.19. The van der Waals surface area contributed by atoms with E-state index in [-0.39, 0.29) is 0 Å². The number of hydrogen-bond donors (Lipinski definition) is 0. The SMILES string of the molecule is Cc1ccc(CCC(C)S(=O)(=O)Cl)cc1C. The third-order valence-corrected chi connectivity index (χ3v) is 5.00. The summed E-state index contributed by atoms with van der Waals surface area (Å²) in [6, 6.07) is 6.20. The van der Waals surface area contributed by atoms with Crippen molar-refractivity contribution in [2.45, 2.75) is 38.9 Å². The Morgan fingerprint density at radius 2 is 1.88 bits per heavy atom. The number of halogens is 1. The van der Waals surface area contributed by atoms with E-state index in [0.717, 1.165) is 12.0 Å². The molecule has 0 spiro atoms. The van der Waals surface area contributed by atoms with Gasteiger partial charge in [-0.25, -0.2) is 8.42 Å². The van der Waals surface area contributed by atoms with E-state index < -0.39 is 14.3 Å². The van der Waals surface area contributed by atoms with Crippen molar-refractivity contribution in [1.29, 1.82) is 0 Å². The van der Waals surface area contributed by atoms with Crippen LogP contribution in [0.2, 0.25) is 0 Å². The molecule has 90 valence electrons. The van der Waals surface area contributed by atoms with E-state index in [9.17, 15) is 8.42 Å². The number of aryl methyl sites for hydroxylation is 3. The Labute approximate surface area is 102 Å². The molecule has 0 radical (unpaired) electrons. The average molecular weight is 261 g/mol. The summed E-state index contributed by atoms with van der Waals surface area (Å²) in [6.45, 7) is 5.76. The molecule has 0 heterocycles. The van der Waals surface area contributed by atoms with E-state index >= 15 is 0 Å². The molecular formula is C12H17ClO2S. The molecule has 0 fully saturated rings. The highest BCUT2D eigenvalue weighted by Gasteiger charge is 2.16. The van der Waals surface area contributed by atoms with Gasteiger partial charge in [0.15, 0.2) is 0 Å². The first-order valence-electron chi connectivity index (χ1n) is 5.30. The number of rotatable bonds is 4. The monoisotopic (exact) mass is 260 g/mol. The lowest BCUT2D eigenvalue weighted by molar-refractivity contribution is 0.592. The van der Waals surface area contributed by atoms with Gasteiger partial charge in [-0.3, -0.25) is 0 Å². The minimum absolute atomic E-state index is 0.490. The van der Waals surface area contributed by atoms with Crippen LogP contribution in [0, 0.1) is 13.8 Å². The van der Waals surface area contributed by atoms with Crippen LogP contribution in [0.15, 0.2) is 18.2 Å². The first-order chi connectivity index (χ1) is 7.30. The van der Waals surface area contributed by atoms with E-state index in [1.54, 1.807) is 6.92 Å². The van der Waals surface area contributed by atoms with Gasteiger partial charge < -0.3 is 0 Å². The van der Waals surface area contributed by atoms with Crippen LogP contribution in [0.4, 0.5) is 0 Å². The molecule has 2 nitrogen and oxygen atoms in total. The molecule has 1 aromatic rings. The fourth-order valence-corrected chi connectivity index (χ4v) is 2.14. The molecular weight excluding hydrogens is 244 g/mol. The Morgan fingerprint density at radius 1 is 1.25 bits per heavy atom. The molecule has 1 atom stereocenters. The Balaban J connectivity index is 2.65. The van der Waals surface area contributed by atoms with Crippen LogP contribution < -0.4 is 0 Å². The largest absolute Gasteiger partial charge is 0.235 e. The summed E-state index contributed by atoms with van der Waals surface area (Å²) >= 11 is 0. The molecule has 0 saturated heterocycles. The van der Waals surface area contributed by atoms with Crippen molar-refractivity contribution in [3.8, 4) is 0 Å². The van der Waals surface area contributed by atoms with E-state index in [2.05, 4.69) is 26.0 Å². The highest BCUT2D eigenvalue weighted by molar-refractivity contribution is 8.14. The van der Waals surface area contributed by atoms with Crippen LogP contribution in [-0.4, -0.2) is 13.7 Å². The van der Waals surface area contributed by atoms with Crippen molar-refractivity contribution in [2.75, 3.05) is 0 Å². The Hall–Kier alpha value is -0.540. The fourth-order valence-electron chi connectivity index (χ4n) is 1.47. The topological polar surface area (TPSA) is 34.1 Å². The first-order valence-corrected chi connectivity index (χ1v) is 7.67. The van der Waals surface area contributed by atoms with E-state index in [0.29, 0.717) is 6.42 Å². The summed E-state index contributed by atoms with van der Waals surface area (Å²) < 4.78 is 22.1. The molecule has 0 N–H and O–H groups in total. The Morgan fingerprint density at radius 3 is 2.38 bits per heavy atom. The van der Waals surface area contributed by atoms with E-state index in [4.69, 9.17) is 10.7 Å². The van der Waals surface area contributed by atoms with Gasteiger partial charge in [-0.2, -0.15) is 0 Å². The third kappa shape index (κ3) is 3.80. The zero-order chi connectivity index (χ0) is 12.3. The summed E-state index contributed by atoms with van der Waals surface area (Å²) in [4.78, 5) is 0. The highest BCUT2D eigenvalue weighted by Crippen LogP contribution is 2.16. The average Bonchev–Trinajstić information content (AvgIpc) is 2.18. The van der Waals surface area contributed by atoms with Gasteiger partial charge in [0.05, 0.1) is 5.25 Å². The quantitative estimate of drug-likeness (QED) is 0.779. The summed E-state index contributed by atoms with van der Waals surface area (Å²) in [5.41, 5.74) is 3.65. The van der Waals surface area contributed by atoms with Gasteiger partial charge in [0.2, 0.25) is 9.05 Å². The maximum Gasteiger partial charge on any atom is 0.235 e. The summed E-state index contributed by atoms with van der Waals surface area (Å²) in [6.07, 6.45) is 1.31. The van der Waals surface area contributed by atoms with Crippen molar-refractivity contribution in [3.05, 3.63) is 34.9 Å². The predicted octanol–water partition coefficient (Wildman–Crippen LogP) is 3.19. The molecule has 0 aliphatic rings. The zero-order valence-electron chi connectivity index (χ0n) is 9.83. The second-order valence-corrected chi connectivity index (χ2v) is 7.29. The number of benzene rings is 1. The Bertz CT molecular complexity index is 466. The molecule has 1 rings (SSSR count). The molecule has 0 saturated carbocycles. The molecule has 0 aromatic heterocycles. The van der Waals surface area contributed by atoms with Crippen LogP contribution in [0.5, 0.6) is 0 Å². The van der Waals surface area contributed by atoms with Crippen LogP contribution in [0.25, 0.3) is 0 Å². The van der Waals surface area contributed by atoms with E-state index in [1.165, 1.54) is 11.1 Å². The highest BCUT2D eigenvalue weighted by atomic mass is 35.7. The van der Waals surface area contributed by atoms with Gasteiger partial charge >= 0.3 is 0 Å². The van der Waals surface area contributed by atoms with Gasteiger partial charge in [0.25, 0.3) is 0 Å². The van der Waals surface area contributed by atoms with Crippen LogP contribution >= 0.6 is 10.7 Å². The molecule has 1 unspecified atom stereocenters. The van der Waals surface area contributed by atoms with Crippen molar-refractivity contribution in [3.63, 3.8) is 0 Å². The molecule has 0 bridgehead atoms. The van der Waals surface area contributed by atoms with Crippen LogP contribution in [0.3, 0.4) is 0 Å². The summed E-state index contributed by atoms with van der Waals surface area (Å²) in [5, 5.41) is -0.490. The molecule has 16 heavy (non-hydrogen) atoms. The number of hydrogen-bond acceptors (Lipinski definition) is 2. The van der Waals surface area contributed by atoms with Gasteiger partial charge in [-0.1, -0.05) is 18.2 Å². The van der Waals surface area contributed by atoms with Gasteiger partial charge in [-0.15, -0.1) is 0 Å². The Kier molecular flexibility index (Phi) is 4.39. The van der Waals surface area contributed by atoms with Gasteiger partial charge in [-0.05, 0) is 50.3 Å². The summed E-state index contributed by atoms with van der Waals surface area (Å²) in [7, 11) is 1.86. The van der Waals surface area contributed by atoms with Crippen molar-refractivity contribution in [2.24, 2.45) is 0 Å². The minimum Gasteiger partial charge on any atom is -0.212 e. The third-order valence-electron chi connectivity index (χ3n) is 2.89. The zero-order valence-corrected chi connectivity index (χ0v) is 11.4. The molecule has 0 aliphatic heterocycles. The lowest BCUT2D eigenvalue weighted by atomic mass is 10.0. The van der Waals surface area contributed by atoms with Gasteiger partial charge in [0, 0.05) is 10.7 Å². The minimum atomic E-state index is -3.42. The fraction of sp³-hybridized carbons (Fsp3) is 0.500. The maximum atomic E-state index is 11.0.